The molecule has 1 aromatic carbocycles. The molecular weight excluding hydrogens is 375 g/mol. The zero-order valence-electron chi connectivity index (χ0n) is 15.9. The molecule has 150 valence electrons. The van der Waals surface area contributed by atoms with Gasteiger partial charge < -0.3 is 25.4 Å². The van der Waals surface area contributed by atoms with Gasteiger partial charge in [0.15, 0.2) is 0 Å². The van der Waals surface area contributed by atoms with Crippen LogP contribution >= 0.6 is 11.3 Å². The van der Waals surface area contributed by atoms with Gasteiger partial charge in [-0.15, -0.1) is 11.3 Å². The normalized spacial score (nSPS) is 14.6. The second-order valence-corrected chi connectivity index (χ2v) is 8.09. The molecule has 0 saturated carbocycles. The highest BCUT2D eigenvalue weighted by Gasteiger charge is 2.15. The average molecular weight is 402 g/mol. The maximum atomic E-state index is 12.2. The van der Waals surface area contributed by atoms with E-state index >= 15 is 0 Å². The molecule has 0 atom stereocenters. The largest absolute Gasteiger partial charge is 0.494 e. The first-order valence-electron chi connectivity index (χ1n) is 9.77. The SMILES string of the molecule is O=C(Cc1cccc(OCCCC2CCNCC2)c1)Nc1cc(B(O)O)cs1. The number of rotatable bonds is 9. The zero-order chi connectivity index (χ0) is 19.8. The molecule has 1 aromatic heterocycles. The van der Waals surface area contributed by atoms with E-state index < -0.39 is 7.12 Å². The lowest BCUT2D eigenvalue weighted by Crippen LogP contribution is -2.28. The number of carbonyl (C=O) groups is 1. The molecule has 1 saturated heterocycles. The molecule has 28 heavy (non-hydrogen) atoms. The summed E-state index contributed by atoms with van der Waals surface area (Å²) in [5, 5.41) is 26.6. The highest BCUT2D eigenvalue weighted by atomic mass is 32.1. The van der Waals surface area contributed by atoms with Crippen molar-refractivity contribution in [3.63, 3.8) is 0 Å². The van der Waals surface area contributed by atoms with E-state index in [1.54, 1.807) is 11.4 Å². The maximum absolute atomic E-state index is 12.2. The number of piperidine rings is 1. The van der Waals surface area contributed by atoms with Crippen molar-refractivity contribution >= 4 is 34.8 Å². The number of ether oxygens (including phenoxy) is 1. The summed E-state index contributed by atoms with van der Waals surface area (Å²) < 4.78 is 5.87. The van der Waals surface area contributed by atoms with Crippen molar-refractivity contribution in [2.45, 2.75) is 32.1 Å². The van der Waals surface area contributed by atoms with Crippen LogP contribution in [0.1, 0.15) is 31.2 Å². The Morgan fingerprint density at radius 2 is 2.11 bits per heavy atom. The van der Waals surface area contributed by atoms with Gasteiger partial charge in [-0.1, -0.05) is 12.1 Å². The number of hydrogen-bond acceptors (Lipinski definition) is 6. The van der Waals surface area contributed by atoms with Crippen LogP contribution in [0.2, 0.25) is 0 Å². The van der Waals surface area contributed by atoms with Crippen LogP contribution in [-0.2, 0) is 11.2 Å². The van der Waals surface area contributed by atoms with E-state index in [4.69, 9.17) is 14.8 Å². The molecule has 1 aliphatic heterocycles. The fourth-order valence-electron chi connectivity index (χ4n) is 3.40. The lowest BCUT2D eigenvalue weighted by Gasteiger charge is -2.22. The first kappa shape index (κ1) is 20.9. The van der Waals surface area contributed by atoms with Crippen molar-refractivity contribution in [3.05, 3.63) is 41.3 Å². The number of amides is 1. The van der Waals surface area contributed by atoms with E-state index in [2.05, 4.69) is 10.6 Å². The van der Waals surface area contributed by atoms with Gasteiger partial charge in [-0.25, -0.2) is 0 Å². The lowest BCUT2D eigenvalue weighted by molar-refractivity contribution is -0.115. The molecule has 4 N–H and O–H groups in total. The summed E-state index contributed by atoms with van der Waals surface area (Å²) in [5.74, 6) is 1.45. The minimum Gasteiger partial charge on any atom is -0.494 e. The predicted molar refractivity (Wildman–Crippen MR) is 113 cm³/mol. The van der Waals surface area contributed by atoms with Gasteiger partial charge in [0.05, 0.1) is 18.0 Å². The maximum Gasteiger partial charge on any atom is 0.489 e. The molecule has 3 rings (SSSR count). The van der Waals surface area contributed by atoms with Crippen molar-refractivity contribution in [1.82, 2.24) is 5.32 Å². The Morgan fingerprint density at radius 1 is 1.29 bits per heavy atom. The molecule has 1 amide bonds. The topological polar surface area (TPSA) is 90.8 Å². The molecule has 0 aliphatic carbocycles. The van der Waals surface area contributed by atoms with E-state index in [0.29, 0.717) is 17.1 Å². The third kappa shape index (κ3) is 6.63. The van der Waals surface area contributed by atoms with Crippen LogP contribution in [0.3, 0.4) is 0 Å². The highest BCUT2D eigenvalue weighted by molar-refractivity contribution is 7.15. The van der Waals surface area contributed by atoms with Crippen LogP contribution < -0.4 is 20.8 Å². The summed E-state index contributed by atoms with van der Waals surface area (Å²) >= 11 is 1.26. The van der Waals surface area contributed by atoms with Crippen LogP contribution in [0.15, 0.2) is 35.7 Å². The summed E-state index contributed by atoms with van der Waals surface area (Å²) in [6.07, 6.45) is 5.00. The average Bonchev–Trinajstić information content (AvgIpc) is 3.15. The van der Waals surface area contributed by atoms with Crippen molar-refractivity contribution in [2.24, 2.45) is 5.92 Å². The Morgan fingerprint density at radius 3 is 2.86 bits per heavy atom. The molecule has 0 spiro atoms. The number of carbonyl (C=O) groups excluding carboxylic acids is 1. The molecule has 1 fully saturated rings. The van der Waals surface area contributed by atoms with E-state index in [9.17, 15) is 4.79 Å². The standard InChI is InChI=1S/C20H27BN2O4S/c24-19(23-20-13-17(14-28-20)21(25)26)12-16-3-1-5-18(11-16)27-10-2-4-15-6-8-22-9-7-15/h1,3,5,11,13-15,22,25-26H,2,4,6-10,12H2,(H,23,24). The number of hydrogen-bond donors (Lipinski definition) is 4. The van der Waals surface area contributed by atoms with Crippen LogP contribution in [0.5, 0.6) is 5.75 Å². The van der Waals surface area contributed by atoms with Crippen LogP contribution in [0.25, 0.3) is 0 Å². The van der Waals surface area contributed by atoms with Gasteiger partial charge in [0.1, 0.15) is 5.75 Å². The van der Waals surface area contributed by atoms with Crippen LogP contribution in [0, 0.1) is 5.92 Å². The van der Waals surface area contributed by atoms with Crippen LogP contribution in [0.4, 0.5) is 5.00 Å². The molecular formula is C20H27BN2O4S. The summed E-state index contributed by atoms with van der Waals surface area (Å²) in [5.41, 5.74) is 1.26. The van der Waals surface area contributed by atoms with Gasteiger partial charge in [-0.2, -0.15) is 0 Å². The quantitative estimate of drug-likeness (QED) is 0.379. The van der Waals surface area contributed by atoms with Gasteiger partial charge >= 0.3 is 7.12 Å². The first-order chi connectivity index (χ1) is 13.6. The summed E-state index contributed by atoms with van der Waals surface area (Å²) in [7, 11) is -1.52. The van der Waals surface area contributed by atoms with Gasteiger partial charge in [0, 0.05) is 0 Å². The lowest BCUT2D eigenvalue weighted by atomic mass is 9.83. The van der Waals surface area contributed by atoms with Gasteiger partial charge in [0.2, 0.25) is 5.91 Å². The summed E-state index contributed by atoms with van der Waals surface area (Å²) in [6.45, 7) is 2.95. The van der Waals surface area contributed by atoms with Crippen LogP contribution in [-0.4, -0.2) is 42.8 Å². The zero-order valence-corrected chi connectivity index (χ0v) is 16.7. The van der Waals surface area contributed by atoms with Gasteiger partial charge in [-0.05, 0) is 79.3 Å². The third-order valence-corrected chi connectivity index (χ3v) is 5.79. The summed E-state index contributed by atoms with van der Waals surface area (Å²) in [6, 6.07) is 9.19. The minimum atomic E-state index is -1.52. The van der Waals surface area contributed by atoms with E-state index in [1.807, 2.05) is 24.3 Å². The Labute approximate surface area is 170 Å². The van der Waals surface area contributed by atoms with Gasteiger partial charge in [0.25, 0.3) is 0 Å². The fraction of sp³-hybridized carbons (Fsp3) is 0.450. The van der Waals surface area contributed by atoms with Crippen molar-refractivity contribution in [3.8, 4) is 5.75 Å². The molecule has 0 bridgehead atoms. The highest BCUT2D eigenvalue weighted by Crippen LogP contribution is 2.20. The number of nitrogens with one attached hydrogen (secondary N) is 2. The molecule has 2 heterocycles. The number of anilines is 1. The molecule has 2 aromatic rings. The van der Waals surface area contributed by atoms with Crippen molar-refractivity contribution in [2.75, 3.05) is 25.0 Å². The van der Waals surface area contributed by atoms with E-state index in [1.165, 1.54) is 30.6 Å². The number of thiophene rings is 1. The monoisotopic (exact) mass is 402 g/mol. The first-order valence-corrected chi connectivity index (χ1v) is 10.6. The fourth-order valence-corrected chi connectivity index (χ4v) is 4.23. The second kappa shape index (κ2) is 10.6. The van der Waals surface area contributed by atoms with E-state index in [0.717, 1.165) is 36.7 Å². The van der Waals surface area contributed by atoms with Gasteiger partial charge in [-0.3, -0.25) is 4.79 Å². The molecule has 6 nitrogen and oxygen atoms in total. The molecule has 0 unspecified atom stereocenters. The van der Waals surface area contributed by atoms with Crippen molar-refractivity contribution in [1.29, 1.82) is 0 Å². The van der Waals surface area contributed by atoms with Crippen molar-refractivity contribution < 1.29 is 19.6 Å². The molecule has 8 heteroatoms. The Bertz CT molecular complexity index is 762. The van der Waals surface area contributed by atoms with E-state index in [-0.39, 0.29) is 12.3 Å². The molecule has 0 radical (unpaired) electrons. The summed E-state index contributed by atoms with van der Waals surface area (Å²) in [4.78, 5) is 12.2. The Hall–Kier alpha value is -1.87. The molecule has 1 aliphatic rings. The smallest absolute Gasteiger partial charge is 0.489 e. The predicted octanol–water partition coefficient (Wildman–Crippen LogP) is 1.77. The third-order valence-electron chi connectivity index (χ3n) is 4.93. The second-order valence-electron chi connectivity index (χ2n) is 7.17. The Kier molecular flexibility index (Phi) is 7.91. The Balaban J connectivity index is 1.42. The minimum absolute atomic E-state index is 0.149. The number of benzene rings is 1.